The van der Waals surface area contributed by atoms with Gasteiger partial charge >= 0.3 is 6.09 Å². The fourth-order valence-corrected chi connectivity index (χ4v) is 4.28. The minimum atomic E-state index is -0.630. The third-order valence-electron chi connectivity index (χ3n) is 6.24. The normalized spacial score (nSPS) is 17.7. The standard InChI is InChI=1S/C25H29FN4O5S/c1-27(25(36)33-2)23-15-30(24(32)35-23)19-8-9-21(20(26)14-19)28-10-12-29(13-11-28)22(31)17-34-16-18-6-4-3-5-7-18/h3-9,14,23H,10-13,15-17H2,1-2H3. The molecule has 2 fully saturated rings. The molecule has 11 heteroatoms. The molecule has 0 saturated carbocycles. The quantitative estimate of drug-likeness (QED) is 0.521. The van der Waals surface area contributed by atoms with Gasteiger partial charge in [0, 0.05) is 33.2 Å². The molecule has 36 heavy (non-hydrogen) atoms. The van der Waals surface area contributed by atoms with Crippen LogP contribution in [0.4, 0.5) is 20.6 Å². The summed E-state index contributed by atoms with van der Waals surface area (Å²) in [5.41, 5.74) is 1.83. The van der Waals surface area contributed by atoms with Crippen molar-refractivity contribution in [1.82, 2.24) is 9.80 Å². The van der Waals surface area contributed by atoms with Gasteiger partial charge in [0.15, 0.2) is 6.23 Å². The summed E-state index contributed by atoms with van der Waals surface area (Å²) in [6.07, 6.45) is -1.21. The van der Waals surface area contributed by atoms with Crippen LogP contribution in [-0.2, 0) is 25.6 Å². The van der Waals surface area contributed by atoms with Crippen LogP contribution in [0.2, 0.25) is 0 Å². The molecule has 2 aliphatic rings. The van der Waals surface area contributed by atoms with Gasteiger partial charge in [0.05, 0.1) is 31.6 Å². The first-order chi connectivity index (χ1) is 17.4. The summed E-state index contributed by atoms with van der Waals surface area (Å²) in [4.78, 5) is 31.4. The Kier molecular flexibility index (Phi) is 8.21. The second kappa shape index (κ2) is 11.5. The molecule has 4 rings (SSSR count). The van der Waals surface area contributed by atoms with Gasteiger partial charge in [0.2, 0.25) is 5.91 Å². The molecule has 2 aromatic carbocycles. The van der Waals surface area contributed by atoms with Gasteiger partial charge in [-0.1, -0.05) is 30.3 Å². The molecule has 0 aromatic heterocycles. The second-order valence-electron chi connectivity index (χ2n) is 8.51. The molecule has 192 valence electrons. The number of rotatable bonds is 7. The van der Waals surface area contributed by atoms with Crippen LogP contribution in [-0.4, -0.2) is 86.7 Å². The highest BCUT2D eigenvalue weighted by Crippen LogP contribution is 2.29. The summed E-state index contributed by atoms with van der Waals surface area (Å²) in [5, 5.41) is 0.191. The Labute approximate surface area is 214 Å². The Balaban J connectivity index is 1.29. The number of carbonyl (C=O) groups excluding carboxylic acids is 2. The summed E-state index contributed by atoms with van der Waals surface area (Å²) in [6, 6.07) is 14.3. The van der Waals surface area contributed by atoms with E-state index in [1.807, 2.05) is 35.2 Å². The van der Waals surface area contributed by atoms with E-state index in [-0.39, 0.29) is 24.2 Å². The first kappa shape index (κ1) is 25.6. The first-order valence-corrected chi connectivity index (χ1v) is 12.0. The second-order valence-corrected chi connectivity index (χ2v) is 8.86. The Morgan fingerprint density at radius 2 is 1.89 bits per heavy atom. The lowest BCUT2D eigenvalue weighted by Crippen LogP contribution is -2.50. The van der Waals surface area contributed by atoms with E-state index in [4.69, 9.17) is 26.4 Å². The maximum Gasteiger partial charge on any atom is 0.416 e. The van der Waals surface area contributed by atoms with Crippen molar-refractivity contribution in [3.63, 3.8) is 0 Å². The van der Waals surface area contributed by atoms with E-state index in [2.05, 4.69) is 0 Å². The lowest BCUT2D eigenvalue weighted by molar-refractivity contribution is -0.136. The maximum absolute atomic E-state index is 15.1. The highest BCUT2D eigenvalue weighted by molar-refractivity contribution is 7.80. The van der Waals surface area contributed by atoms with Gasteiger partial charge in [-0.15, -0.1) is 0 Å². The molecule has 0 spiro atoms. The molecule has 2 saturated heterocycles. The Hall–Kier alpha value is -3.44. The van der Waals surface area contributed by atoms with Crippen molar-refractivity contribution in [2.24, 2.45) is 0 Å². The van der Waals surface area contributed by atoms with Gasteiger partial charge in [-0.05, 0) is 36.0 Å². The zero-order valence-corrected chi connectivity index (χ0v) is 21.1. The smallest absolute Gasteiger partial charge is 0.416 e. The number of amides is 2. The van der Waals surface area contributed by atoms with Crippen molar-refractivity contribution in [3.8, 4) is 0 Å². The van der Waals surface area contributed by atoms with Crippen LogP contribution in [0.1, 0.15) is 5.56 Å². The van der Waals surface area contributed by atoms with Crippen molar-refractivity contribution in [3.05, 3.63) is 59.9 Å². The number of thiocarbonyl (C=S) groups is 1. The molecule has 9 nitrogen and oxygen atoms in total. The number of anilines is 2. The van der Waals surface area contributed by atoms with Gasteiger partial charge < -0.3 is 24.0 Å². The molecule has 0 aliphatic carbocycles. The molecule has 2 aromatic rings. The number of methoxy groups -OCH3 is 1. The molecule has 1 unspecified atom stereocenters. The fourth-order valence-electron chi connectivity index (χ4n) is 4.16. The molecule has 0 bridgehead atoms. The number of cyclic esters (lactones) is 1. The number of piperazine rings is 1. The predicted molar refractivity (Wildman–Crippen MR) is 136 cm³/mol. The van der Waals surface area contributed by atoms with Crippen LogP contribution in [0, 0.1) is 5.82 Å². The highest BCUT2D eigenvalue weighted by atomic mass is 32.1. The van der Waals surface area contributed by atoms with E-state index >= 15 is 4.39 Å². The first-order valence-electron chi connectivity index (χ1n) is 11.6. The zero-order valence-electron chi connectivity index (χ0n) is 20.3. The number of likely N-dealkylation sites (N-methyl/N-ethyl adjacent to an activating group) is 1. The van der Waals surface area contributed by atoms with Crippen LogP contribution >= 0.6 is 12.2 Å². The van der Waals surface area contributed by atoms with E-state index in [0.29, 0.717) is 44.2 Å². The fraction of sp³-hybridized carbons (Fsp3) is 0.400. The Bertz CT molecular complexity index is 1100. The van der Waals surface area contributed by atoms with E-state index in [9.17, 15) is 9.59 Å². The molecule has 2 aliphatic heterocycles. The third-order valence-corrected chi connectivity index (χ3v) is 6.70. The van der Waals surface area contributed by atoms with Gasteiger partial charge in [-0.2, -0.15) is 0 Å². The summed E-state index contributed by atoms with van der Waals surface area (Å²) < 4.78 is 31.0. The van der Waals surface area contributed by atoms with Gasteiger partial charge in [-0.3, -0.25) is 14.6 Å². The SMILES string of the molecule is COC(=S)N(C)C1CN(c2ccc(N3CCN(C(=O)COCc4ccccc4)CC3)c(F)c2)C(=O)O1. The number of halogens is 1. The van der Waals surface area contributed by atoms with Crippen LogP contribution in [0.5, 0.6) is 0 Å². The van der Waals surface area contributed by atoms with Crippen LogP contribution in [0.3, 0.4) is 0 Å². The van der Waals surface area contributed by atoms with Crippen LogP contribution in [0.25, 0.3) is 0 Å². The van der Waals surface area contributed by atoms with E-state index in [0.717, 1.165) is 5.56 Å². The number of hydrogen-bond acceptors (Lipinski definition) is 7. The topological polar surface area (TPSA) is 74.8 Å². The number of hydrogen-bond donors (Lipinski definition) is 0. The number of carbonyl (C=O) groups is 2. The largest absolute Gasteiger partial charge is 0.474 e. The molecule has 1 atom stereocenters. The number of benzene rings is 2. The van der Waals surface area contributed by atoms with Crippen LogP contribution < -0.4 is 9.80 Å². The zero-order chi connectivity index (χ0) is 25.7. The van der Waals surface area contributed by atoms with Crippen molar-refractivity contribution in [2.75, 3.05) is 63.3 Å². The van der Waals surface area contributed by atoms with Crippen molar-refractivity contribution < 1.29 is 28.2 Å². The van der Waals surface area contributed by atoms with Gasteiger partial charge in [0.25, 0.3) is 5.17 Å². The summed E-state index contributed by atoms with van der Waals surface area (Å²) in [6.45, 7) is 2.51. The van der Waals surface area contributed by atoms with Crippen LogP contribution in [0.15, 0.2) is 48.5 Å². The van der Waals surface area contributed by atoms with E-state index < -0.39 is 18.1 Å². The Morgan fingerprint density at radius 3 is 2.56 bits per heavy atom. The highest BCUT2D eigenvalue weighted by Gasteiger charge is 2.36. The number of nitrogens with zero attached hydrogens (tertiary/aromatic N) is 4. The average Bonchev–Trinajstić information content (AvgIpc) is 3.29. The molecule has 2 amide bonds. The molecule has 0 radical (unpaired) electrons. The monoisotopic (exact) mass is 516 g/mol. The van der Waals surface area contributed by atoms with Crippen molar-refractivity contribution in [1.29, 1.82) is 0 Å². The molecule has 2 heterocycles. The maximum atomic E-state index is 15.1. The Morgan fingerprint density at radius 1 is 1.17 bits per heavy atom. The molecular formula is C25H29FN4O5S. The van der Waals surface area contributed by atoms with Crippen molar-refractivity contribution in [2.45, 2.75) is 12.8 Å². The molecule has 0 N–H and O–H groups in total. The van der Waals surface area contributed by atoms with E-state index in [1.165, 1.54) is 23.0 Å². The number of ether oxygens (including phenoxy) is 3. The van der Waals surface area contributed by atoms with Crippen molar-refractivity contribution >= 4 is 40.8 Å². The van der Waals surface area contributed by atoms with E-state index in [1.54, 1.807) is 24.1 Å². The summed E-state index contributed by atoms with van der Waals surface area (Å²) >= 11 is 5.08. The lowest BCUT2D eigenvalue weighted by atomic mass is 10.2. The third kappa shape index (κ3) is 5.85. The minimum absolute atomic E-state index is 0.00910. The predicted octanol–water partition coefficient (Wildman–Crippen LogP) is 2.84. The molecular weight excluding hydrogens is 487 g/mol. The summed E-state index contributed by atoms with van der Waals surface area (Å²) in [5.74, 6) is -0.531. The summed E-state index contributed by atoms with van der Waals surface area (Å²) in [7, 11) is 3.10. The minimum Gasteiger partial charge on any atom is -0.474 e. The lowest BCUT2D eigenvalue weighted by Gasteiger charge is -2.36. The van der Waals surface area contributed by atoms with Gasteiger partial charge in [0.1, 0.15) is 12.4 Å². The van der Waals surface area contributed by atoms with Gasteiger partial charge in [-0.25, -0.2) is 9.18 Å². The average molecular weight is 517 g/mol.